The van der Waals surface area contributed by atoms with Crippen LogP contribution in [-0.2, 0) is 73.5 Å². The average Bonchev–Trinajstić information content (AvgIpc) is 4.34. The van der Waals surface area contributed by atoms with Gasteiger partial charge in [0.25, 0.3) is 17.7 Å². The number of Topliss-reactive ketones (excluding diaryl/α,β-unsaturated/α-hetero) is 1. The van der Waals surface area contributed by atoms with E-state index in [1.54, 1.807) is 13.8 Å². The lowest BCUT2D eigenvalue weighted by molar-refractivity contribution is -0.151. The van der Waals surface area contributed by atoms with Crippen molar-refractivity contribution in [3.63, 3.8) is 0 Å². The summed E-state index contributed by atoms with van der Waals surface area (Å²) in [5.41, 5.74) is 10.5. The largest absolute Gasteiger partial charge is 0.480 e. The van der Waals surface area contributed by atoms with E-state index in [9.17, 15) is 43.5 Å². The molecule has 3 aliphatic heterocycles. The van der Waals surface area contributed by atoms with Crippen LogP contribution in [0, 0.1) is 23.7 Å². The van der Waals surface area contributed by atoms with Gasteiger partial charge in [0, 0.05) is 0 Å². The Morgan fingerprint density at radius 3 is 1.11 bits per heavy atom. The topological polar surface area (TPSA) is 279 Å². The molecule has 4 aromatic carbocycles. The molecule has 8 atom stereocenters. The second-order valence-electron chi connectivity index (χ2n) is 23.1. The van der Waals surface area contributed by atoms with Crippen molar-refractivity contribution in [1.29, 1.82) is 0 Å². The molecule has 89 heavy (non-hydrogen) atoms. The molecule has 7 rings (SSSR count). The number of benzene rings is 4. The van der Waals surface area contributed by atoms with Crippen LogP contribution in [0.4, 0.5) is 0 Å². The van der Waals surface area contributed by atoms with Crippen molar-refractivity contribution < 1.29 is 58.0 Å². The number of carboxylic acids is 1. The highest BCUT2D eigenvalue weighted by molar-refractivity contribution is 7.80. The molecule has 3 saturated heterocycles. The number of nitrogens with one attached hydrogen (secondary N) is 4. The molecular weight excluding hydrogens is 1190 g/mol. The molecule has 4 aromatic rings. The van der Waals surface area contributed by atoms with E-state index < -0.39 is 72.8 Å². The first-order valence-corrected chi connectivity index (χ1v) is 31.1. The minimum absolute atomic E-state index is 0.0530. The quantitative estimate of drug-likeness (QED) is 0.0270. The number of ether oxygens (including phenoxy) is 2. The zero-order valence-electron chi connectivity index (χ0n) is 52.5. The Morgan fingerprint density at radius 1 is 0.506 bits per heavy atom. The number of aryl methyl sites for hydroxylation is 4. The fourth-order valence-electron chi connectivity index (χ4n) is 10.3. The molecule has 482 valence electrons. The number of thiocarbonyl (C=S) groups is 3. The third-order valence-corrected chi connectivity index (χ3v) is 16.0. The number of aliphatic hydroxyl groups is 1. The molecule has 0 radical (unpaired) electrons. The Morgan fingerprint density at radius 2 is 0.820 bits per heavy atom. The summed E-state index contributed by atoms with van der Waals surface area (Å²) in [5, 5.41) is 31.0. The average molecular weight is 1280 g/mol. The summed E-state index contributed by atoms with van der Waals surface area (Å²) < 4.78 is 9.52. The zero-order valence-corrected chi connectivity index (χ0v) is 54.9. The van der Waals surface area contributed by atoms with E-state index in [2.05, 4.69) is 26.0 Å². The third-order valence-electron chi connectivity index (χ3n) is 15.1. The Balaban J connectivity index is 0.000000254. The Bertz CT molecular complexity index is 2910. The van der Waals surface area contributed by atoms with Crippen LogP contribution in [0.25, 0.3) is 0 Å². The second kappa shape index (κ2) is 36.8. The number of rotatable bonds is 26. The van der Waals surface area contributed by atoms with Crippen LogP contribution >= 0.6 is 36.7 Å². The number of ketones is 1. The predicted molar refractivity (Wildman–Crippen MR) is 353 cm³/mol. The van der Waals surface area contributed by atoms with Gasteiger partial charge in [-0.15, -0.1) is 0 Å². The van der Waals surface area contributed by atoms with Gasteiger partial charge in [-0.1, -0.05) is 177 Å². The molecule has 8 N–H and O–H groups in total. The van der Waals surface area contributed by atoms with E-state index in [1.807, 2.05) is 163 Å². The van der Waals surface area contributed by atoms with Crippen LogP contribution in [-0.4, -0.2) is 157 Å². The second-order valence-corrected chi connectivity index (χ2v) is 24.3. The van der Waals surface area contributed by atoms with Crippen LogP contribution in [0.5, 0.6) is 0 Å². The van der Waals surface area contributed by atoms with Gasteiger partial charge in [-0.3, -0.25) is 38.7 Å². The molecular formula is C66H88N8O12S3. The highest BCUT2D eigenvalue weighted by Gasteiger charge is 2.46. The Labute approximate surface area is 539 Å². The van der Waals surface area contributed by atoms with Gasteiger partial charge in [0.05, 0.1) is 20.3 Å². The van der Waals surface area contributed by atoms with E-state index in [-0.39, 0.29) is 63.3 Å². The molecule has 3 unspecified atom stereocenters. The minimum atomic E-state index is -1.03. The first-order valence-electron chi connectivity index (χ1n) is 29.9. The summed E-state index contributed by atoms with van der Waals surface area (Å²) in [6, 6.07) is 34.7. The van der Waals surface area contributed by atoms with Gasteiger partial charge in [0.2, 0.25) is 5.91 Å². The summed E-state index contributed by atoms with van der Waals surface area (Å²) in [7, 11) is 2.63. The smallest absolute Gasteiger partial charge is 0.329 e. The Hall–Kier alpha value is -7.57. The van der Waals surface area contributed by atoms with Crippen molar-refractivity contribution in [2.45, 2.75) is 155 Å². The molecule has 0 aliphatic carbocycles. The molecule has 3 fully saturated rings. The van der Waals surface area contributed by atoms with Crippen LogP contribution in [0.3, 0.4) is 0 Å². The van der Waals surface area contributed by atoms with Gasteiger partial charge in [0.15, 0.2) is 21.1 Å². The molecule has 3 heterocycles. The van der Waals surface area contributed by atoms with Crippen molar-refractivity contribution in [2.24, 2.45) is 29.4 Å². The van der Waals surface area contributed by atoms with Gasteiger partial charge < -0.3 is 46.7 Å². The number of methoxy groups -OCH3 is 2. The van der Waals surface area contributed by atoms with Crippen molar-refractivity contribution >= 4 is 99.3 Å². The van der Waals surface area contributed by atoms with Crippen LogP contribution in [0.15, 0.2) is 121 Å². The number of aliphatic carboxylic acids is 1. The zero-order chi connectivity index (χ0) is 66.1. The summed E-state index contributed by atoms with van der Waals surface area (Å²) >= 11 is 15.7. The number of aliphatic hydroxyl groups excluding tert-OH is 1. The third kappa shape index (κ3) is 21.9. The van der Waals surface area contributed by atoms with Gasteiger partial charge in [-0.05, 0) is 134 Å². The van der Waals surface area contributed by atoms with Crippen molar-refractivity contribution in [3.8, 4) is 0 Å². The summed E-state index contributed by atoms with van der Waals surface area (Å²) in [6.45, 7) is 14.1. The lowest BCUT2D eigenvalue weighted by Crippen LogP contribution is -2.51. The van der Waals surface area contributed by atoms with Gasteiger partial charge in [-0.25, -0.2) is 14.4 Å². The van der Waals surface area contributed by atoms with E-state index in [0.29, 0.717) is 30.8 Å². The number of nitrogens with two attached hydrogens (primary N) is 1. The molecule has 4 amide bonds. The predicted octanol–water partition coefficient (Wildman–Crippen LogP) is 6.27. The SMILES string of the molecule is CC(C)C(C(=O)CO)N1C(=O)[C@H](CCc2ccccc2)NC1=S.CC(C)C(C(=O)O)N1C(=O)[C@H](CCc2ccccc2)NC1=S.COC(=O)C(C(C)C)N1C(=O)[C@H](CCc2ccccc2)NC1=S.COC(=O)[C@H](NC(=O)[C@@H](N)CCc1ccccc1)C(C)C. The van der Waals surface area contributed by atoms with Crippen molar-refractivity contribution in [3.05, 3.63) is 144 Å². The van der Waals surface area contributed by atoms with Crippen molar-refractivity contribution in [1.82, 2.24) is 36.0 Å². The number of nitrogens with zero attached hydrogens (tertiary/aromatic N) is 3. The van der Waals surface area contributed by atoms with E-state index in [0.717, 1.165) is 42.4 Å². The number of carbonyl (C=O) groups excluding carboxylic acids is 7. The maximum absolute atomic E-state index is 12.7. The molecule has 0 spiro atoms. The maximum Gasteiger partial charge on any atom is 0.329 e. The summed E-state index contributed by atoms with van der Waals surface area (Å²) in [5.74, 6) is -3.70. The van der Waals surface area contributed by atoms with E-state index >= 15 is 0 Å². The minimum Gasteiger partial charge on any atom is -0.480 e. The fraction of sp³-hybridized carbons (Fsp3) is 0.470. The maximum atomic E-state index is 12.7. The standard InChI is InChI=1S/2C17H22N2O3S.C16H20N2O3S.C16H24N2O3/c1-11(2)14(16(21)22-3)19-15(20)13(18-17(19)23)10-9-12-7-5-4-6-8-12;1-11(2)15(14(21)10-20)19-16(22)13(18-17(19)23)9-8-12-6-4-3-5-7-12;1-10(2)13(15(20)21)18-14(19)12(17-16(18)22)9-8-11-6-4-3-5-7-11;1-11(2)14(16(20)21-3)18-15(19)13(17)10-9-12-7-5-4-6-8-12/h4-8,11,13-14H,9-10H2,1-3H3,(H,18,23);3-7,11,13,15,20H,8-10H2,1-2H3,(H,18,23);3-7,10,12-13H,8-9H2,1-2H3,(H,17,22)(H,20,21);4-8,11,13-14H,9-10,17H2,1-3H3,(H,18,19)/t13-,14?;13-,15?;12-,13?;13-,14+/m0000/s1. The lowest BCUT2D eigenvalue weighted by Gasteiger charge is -2.28. The monoisotopic (exact) mass is 1280 g/mol. The highest BCUT2D eigenvalue weighted by atomic mass is 32.1. The van der Waals surface area contributed by atoms with Crippen molar-refractivity contribution in [2.75, 3.05) is 20.8 Å². The number of hydrogen-bond acceptors (Lipinski definition) is 15. The van der Waals surface area contributed by atoms with E-state index in [1.165, 1.54) is 34.5 Å². The summed E-state index contributed by atoms with van der Waals surface area (Å²) in [4.78, 5) is 101. The van der Waals surface area contributed by atoms with Crippen LogP contribution < -0.4 is 27.0 Å². The molecule has 0 aromatic heterocycles. The fourth-order valence-corrected chi connectivity index (χ4v) is 11.3. The van der Waals surface area contributed by atoms with Gasteiger partial charge in [0.1, 0.15) is 48.9 Å². The number of carbonyl (C=O) groups is 8. The molecule has 23 heteroatoms. The van der Waals surface area contributed by atoms with E-state index in [4.69, 9.17) is 52.2 Å². The number of esters is 2. The normalized spacial score (nSPS) is 17.8. The Kier molecular flexibility index (Phi) is 30.6. The van der Waals surface area contributed by atoms with Gasteiger partial charge in [-0.2, -0.15) is 0 Å². The lowest BCUT2D eigenvalue weighted by atomic mass is 9.98. The van der Waals surface area contributed by atoms with Gasteiger partial charge >= 0.3 is 17.9 Å². The first-order chi connectivity index (χ1) is 42.3. The van der Waals surface area contributed by atoms with Crippen LogP contribution in [0.2, 0.25) is 0 Å². The molecule has 0 bridgehead atoms. The summed E-state index contributed by atoms with van der Waals surface area (Å²) in [6.07, 6.45) is 5.33. The number of carboxylic acid groups (broad SMARTS) is 1. The molecule has 20 nitrogen and oxygen atoms in total. The number of hydrogen-bond donors (Lipinski definition) is 7. The molecule has 3 aliphatic rings. The highest BCUT2D eigenvalue weighted by Crippen LogP contribution is 2.24. The first kappa shape index (κ1) is 73.9. The van der Waals surface area contributed by atoms with Crippen LogP contribution in [0.1, 0.15) is 103 Å². The number of amides is 4. The molecule has 0 saturated carbocycles.